The van der Waals surface area contributed by atoms with E-state index in [-0.39, 0.29) is 29.8 Å². The molecule has 0 aliphatic carbocycles. The molecule has 0 heterocycles. The standard InChI is InChI=1S/C11H24O3.C10H22O2.2C8H18O2/c1-11(2,3)7-9(13-5)10(14-6)8-12-4;1-10(2,3)7-6-9(12-5)8-11-4;1-7(2)8(5-9-3)6-10-4;1-7(2)5-8(10-4)6-9-3/h9-10H,7-8H2,1-6H3;9H,6-8H2,1-5H3;2*7-8H,5-6H2,1-4H3. The zero-order valence-electron chi connectivity index (χ0n) is 34.1. The van der Waals surface area contributed by atoms with E-state index in [4.69, 9.17) is 42.6 Å². The first-order valence-corrected chi connectivity index (χ1v) is 16.9. The first-order valence-electron chi connectivity index (χ1n) is 16.9. The first-order chi connectivity index (χ1) is 21.4. The van der Waals surface area contributed by atoms with Gasteiger partial charge in [0.2, 0.25) is 0 Å². The van der Waals surface area contributed by atoms with Crippen LogP contribution < -0.4 is 0 Å². The molecule has 0 saturated heterocycles. The van der Waals surface area contributed by atoms with Gasteiger partial charge in [-0.3, -0.25) is 0 Å². The smallest absolute Gasteiger partial charge is 0.106 e. The summed E-state index contributed by atoms with van der Waals surface area (Å²) in [6.45, 7) is 25.6. The van der Waals surface area contributed by atoms with Gasteiger partial charge in [0, 0.05) is 69.9 Å². The zero-order valence-corrected chi connectivity index (χ0v) is 34.1. The van der Waals surface area contributed by atoms with E-state index in [9.17, 15) is 0 Å². The van der Waals surface area contributed by atoms with Crippen LogP contribution in [0.15, 0.2) is 0 Å². The van der Waals surface area contributed by atoms with Gasteiger partial charge in [0.05, 0.1) is 51.3 Å². The molecule has 0 aromatic rings. The zero-order chi connectivity index (χ0) is 36.8. The highest BCUT2D eigenvalue weighted by Crippen LogP contribution is 2.25. The van der Waals surface area contributed by atoms with E-state index in [1.165, 1.54) is 6.42 Å². The molecule has 0 spiro atoms. The third-order valence-corrected chi connectivity index (χ3v) is 7.19. The van der Waals surface area contributed by atoms with Gasteiger partial charge in [0.15, 0.2) is 0 Å². The van der Waals surface area contributed by atoms with Crippen LogP contribution in [0.25, 0.3) is 0 Å². The highest BCUT2D eigenvalue weighted by molar-refractivity contribution is 4.76. The van der Waals surface area contributed by atoms with Crippen molar-refractivity contribution >= 4 is 0 Å². The molecule has 0 amide bonds. The summed E-state index contributed by atoms with van der Waals surface area (Å²) in [6.07, 6.45) is 4.93. The Hall–Kier alpha value is -0.360. The van der Waals surface area contributed by atoms with Crippen molar-refractivity contribution in [2.45, 2.75) is 119 Å². The fraction of sp³-hybridized carbons (Fsp3) is 1.00. The third kappa shape index (κ3) is 38.1. The molecule has 46 heavy (non-hydrogen) atoms. The van der Waals surface area contributed by atoms with E-state index in [0.29, 0.717) is 43.0 Å². The van der Waals surface area contributed by atoms with E-state index in [0.717, 1.165) is 32.5 Å². The maximum Gasteiger partial charge on any atom is 0.106 e. The van der Waals surface area contributed by atoms with Gasteiger partial charge in [0.25, 0.3) is 0 Å². The van der Waals surface area contributed by atoms with Gasteiger partial charge >= 0.3 is 0 Å². The largest absolute Gasteiger partial charge is 0.384 e. The molecule has 4 atom stereocenters. The molecule has 9 nitrogen and oxygen atoms in total. The summed E-state index contributed by atoms with van der Waals surface area (Å²) in [7, 11) is 15.4. The Kier molecular flexibility index (Phi) is 37.8. The van der Waals surface area contributed by atoms with Crippen LogP contribution in [0.2, 0.25) is 0 Å². The number of rotatable bonds is 21. The Bertz CT molecular complexity index is 582. The molecule has 4 unspecified atom stereocenters. The Balaban J connectivity index is -0.000000258. The molecule has 0 aliphatic heterocycles. The van der Waals surface area contributed by atoms with Crippen molar-refractivity contribution in [3.05, 3.63) is 0 Å². The molecular weight excluding hydrogens is 588 g/mol. The Labute approximate surface area is 287 Å². The lowest BCUT2D eigenvalue weighted by molar-refractivity contribution is -0.0804. The SMILES string of the molecule is COCC(CC(C)C)OC.COCC(CCC(C)(C)C)OC.COCC(COC)C(C)C.COCC(OC)C(CC(C)(C)C)OC. The van der Waals surface area contributed by atoms with Crippen molar-refractivity contribution in [3.8, 4) is 0 Å². The minimum atomic E-state index is 0.0178. The Morgan fingerprint density at radius 2 is 0.870 bits per heavy atom. The fourth-order valence-corrected chi connectivity index (χ4v) is 4.32. The van der Waals surface area contributed by atoms with Crippen molar-refractivity contribution in [2.24, 2.45) is 28.6 Å². The van der Waals surface area contributed by atoms with Crippen molar-refractivity contribution in [3.63, 3.8) is 0 Å². The topological polar surface area (TPSA) is 83.1 Å². The van der Waals surface area contributed by atoms with Gasteiger partial charge in [-0.25, -0.2) is 0 Å². The fourth-order valence-electron chi connectivity index (χ4n) is 4.32. The summed E-state index contributed by atoms with van der Waals surface area (Å²) < 4.78 is 46.4. The molecule has 0 aromatic carbocycles. The van der Waals surface area contributed by atoms with Crippen LogP contribution in [0.3, 0.4) is 0 Å². The van der Waals surface area contributed by atoms with E-state index in [1.54, 1.807) is 64.0 Å². The first kappa shape index (κ1) is 52.5. The molecule has 9 heteroatoms. The van der Waals surface area contributed by atoms with Gasteiger partial charge in [-0.05, 0) is 48.3 Å². The molecule has 0 fully saturated rings. The molecule has 0 bridgehead atoms. The maximum absolute atomic E-state index is 5.43. The van der Waals surface area contributed by atoms with Crippen molar-refractivity contribution < 1.29 is 42.6 Å². The summed E-state index contributed by atoms with van der Waals surface area (Å²) in [5.41, 5.74) is 0.635. The monoisotopic (exact) mass is 671 g/mol. The van der Waals surface area contributed by atoms with Crippen molar-refractivity contribution in [2.75, 3.05) is 97.0 Å². The predicted octanol–water partition coefficient (Wildman–Crippen LogP) is 7.82. The molecule has 0 radical (unpaired) electrons. The van der Waals surface area contributed by atoms with E-state index in [2.05, 4.69) is 69.2 Å². The number of ether oxygens (including phenoxy) is 9. The second kappa shape index (κ2) is 33.2. The number of hydrogen-bond acceptors (Lipinski definition) is 9. The summed E-state index contributed by atoms with van der Waals surface area (Å²) >= 11 is 0. The second-order valence-electron chi connectivity index (χ2n) is 15.0. The van der Waals surface area contributed by atoms with Crippen molar-refractivity contribution in [1.29, 1.82) is 0 Å². The molecule has 0 aromatic heterocycles. The molecule has 0 saturated carbocycles. The van der Waals surface area contributed by atoms with Crippen LogP contribution in [0.5, 0.6) is 0 Å². The number of methoxy groups -OCH3 is 9. The van der Waals surface area contributed by atoms with Crippen LogP contribution in [0.1, 0.15) is 94.9 Å². The van der Waals surface area contributed by atoms with Crippen molar-refractivity contribution in [1.82, 2.24) is 0 Å². The van der Waals surface area contributed by atoms with Gasteiger partial charge in [-0.2, -0.15) is 0 Å². The van der Waals surface area contributed by atoms with Gasteiger partial charge < -0.3 is 42.6 Å². The van der Waals surface area contributed by atoms with Crippen LogP contribution in [-0.4, -0.2) is 121 Å². The third-order valence-electron chi connectivity index (χ3n) is 7.19. The van der Waals surface area contributed by atoms with E-state index >= 15 is 0 Å². The van der Waals surface area contributed by atoms with Crippen LogP contribution >= 0.6 is 0 Å². The predicted molar refractivity (Wildman–Crippen MR) is 193 cm³/mol. The minimum Gasteiger partial charge on any atom is -0.384 e. The quantitative estimate of drug-likeness (QED) is 0.121. The molecule has 0 N–H and O–H groups in total. The second-order valence-corrected chi connectivity index (χ2v) is 15.0. The Morgan fingerprint density at radius 3 is 1.15 bits per heavy atom. The molecule has 284 valence electrons. The lowest BCUT2D eigenvalue weighted by Gasteiger charge is -2.30. The number of hydrogen-bond donors (Lipinski definition) is 0. The average Bonchev–Trinajstić information content (AvgIpc) is 2.96. The van der Waals surface area contributed by atoms with Gasteiger partial charge in [-0.15, -0.1) is 0 Å². The lowest BCUT2D eigenvalue weighted by Crippen LogP contribution is -2.36. The van der Waals surface area contributed by atoms with Crippen LogP contribution in [-0.2, 0) is 42.6 Å². The summed E-state index contributed by atoms with van der Waals surface area (Å²) in [6, 6.07) is 0. The van der Waals surface area contributed by atoms with E-state index in [1.807, 2.05) is 0 Å². The molecular formula is C37H82O9. The highest BCUT2D eigenvalue weighted by Gasteiger charge is 2.26. The molecule has 0 rings (SSSR count). The van der Waals surface area contributed by atoms with Gasteiger partial charge in [-0.1, -0.05) is 69.2 Å². The summed E-state index contributed by atoms with van der Waals surface area (Å²) in [5.74, 6) is 1.86. The average molecular weight is 671 g/mol. The molecule has 0 aliphatic rings. The minimum absolute atomic E-state index is 0.0178. The van der Waals surface area contributed by atoms with Crippen LogP contribution in [0.4, 0.5) is 0 Å². The Morgan fingerprint density at radius 1 is 0.457 bits per heavy atom. The summed E-state index contributed by atoms with van der Waals surface area (Å²) in [4.78, 5) is 0. The highest BCUT2D eigenvalue weighted by atomic mass is 16.6. The maximum atomic E-state index is 5.43. The normalized spacial score (nSPS) is 14.5. The summed E-state index contributed by atoms with van der Waals surface area (Å²) in [5, 5.41) is 0. The lowest BCUT2D eigenvalue weighted by atomic mass is 9.87. The van der Waals surface area contributed by atoms with Gasteiger partial charge in [0.1, 0.15) is 6.10 Å². The van der Waals surface area contributed by atoms with E-state index < -0.39 is 0 Å². The van der Waals surface area contributed by atoms with Crippen LogP contribution in [0, 0.1) is 28.6 Å².